The van der Waals surface area contributed by atoms with Crippen LogP contribution < -0.4 is 11.6 Å². The molecule has 0 heterocycles. The summed E-state index contributed by atoms with van der Waals surface area (Å²) in [4.78, 5) is 25.6. The van der Waals surface area contributed by atoms with E-state index in [1.807, 2.05) is 13.8 Å². The zero-order valence-electron chi connectivity index (χ0n) is 8.66. The number of hydrogen-bond donors (Lipinski definition) is 2. The lowest BCUT2D eigenvalue weighted by Gasteiger charge is -2.15. The standard InChI is InChI=1S/C9H18N2O3/c1-6(2)3-7(4-8(10)12)5-9(13)14-11/h6-7H,3-5,11H2,1-2H3,(H2,10,12). The van der Waals surface area contributed by atoms with Crippen LogP contribution in [0.1, 0.15) is 33.1 Å². The summed E-state index contributed by atoms with van der Waals surface area (Å²) in [6.07, 6.45) is 1.11. The fourth-order valence-corrected chi connectivity index (χ4v) is 1.47. The third kappa shape index (κ3) is 6.42. The van der Waals surface area contributed by atoms with Gasteiger partial charge in [-0.25, -0.2) is 0 Å². The van der Waals surface area contributed by atoms with Gasteiger partial charge < -0.3 is 10.6 Å². The topological polar surface area (TPSA) is 95.4 Å². The number of amides is 1. The fourth-order valence-electron chi connectivity index (χ4n) is 1.47. The van der Waals surface area contributed by atoms with Crippen LogP contribution >= 0.6 is 0 Å². The molecular weight excluding hydrogens is 184 g/mol. The monoisotopic (exact) mass is 202 g/mol. The van der Waals surface area contributed by atoms with Crippen LogP contribution in [0.2, 0.25) is 0 Å². The van der Waals surface area contributed by atoms with Crippen molar-refractivity contribution in [2.45, 2.75) is 33.1 Å². The van der Waals surface area contributed by atoms with Gasteiger partial charge in [-0.1, -0.05) is 13.8 Å². The molecule has 0 aromatic carbocycles. The van der Waals surface area contributed by atoms with Gasteiger partial charge in [0.05, 0.1) is 6.42 Å². The molecule has 0 rings (SSSR count). The molecule has 0 saturated carbocycles. The Kier molecular flexibility index (Phi) is 5.87. The molecule has 0 aliphatic heterocycles. The highest BCUT2D eigenvalue weighted by molar-refractivity contribution is 5.75. The van der Waals surface area contributed by atoms with E-state index in [2.05, 4.69) is 4.84 Å². The molecule has 0 radical (unpaired) electrons. The number of carbonyl (C=O) groups excluding carboxylic acids is 2. The van der Waals surface area contributed by atoms with Gasteiger partial charge in [0.2, 0.25) is 5.91 Å². The summed E-state index contributed by atoms with van der Waals surface area (Å²) in [7, 11) is 0. The van der Waals surface area contributed by atoms with Gasteiger partial charge in [-0.05, 0) is 18.3 Å². The largest absolute Gasteiger partial charge is 0.373 e. The highest BCUT2D eigenvalue weighted by atomic mass is 16.7. The Morgan fingerprint density at radius 2 is 1.86 bits per heavy atom. The highest BCUT2D eigenvalue weighted by Gasteiger charge is 2.18. The fraction of sp³-hybridized carbons (Fsp3) is 0.778. The van der Waals surface area contributed by atoms with Crippen LogP contribution in [0.25, 0.3) is 0 Å². The Morgan fingerprint density at radius 1 is 1.29 bits per heavy atom. The Hall–Kier alpha value is -1.10. The molecule has 0 aliphatic carbocycles. The Morgan fingerprint density at radius 3 is 2.21 bits per heavy atom. The predicted octanol–water partition coefficient (Wildman–Crippen LogP) is 0.331. The molecule has 0 aromatic rings. The minimum atomic E-state index is -0.503. The van der Waals surface area contributed by atoms with Crippen LogP contribution in [-0.4, -0.2) is 11.9 Å². The smallest absolute Gasteiger partial charge is 0.324 e. The summed E-state index contributed by atoms with van der Waals surface area (Å²) in [5, 5.41) is 0. The van der Waals surface area contributed by atoms with E-state index in [9.17, 15) is 9.59 Å². The molecule has 0 fully saturated rings. The molecule has 1 amide bonds. The van der Waals surface area contributed by atoms with Gasteiger partial charge in [0.25, 0.3) is 0 Å². The second kappa shape index (κ2) is 6.37. The molecule has 0 spiro atoms. The molecule has 0 aromatic heterocycles. The molecule has 0 aliphatic rings. The maximum absolute atomic E-state index is 10.9. The normalized spacial score (nSPS) is 12.6. The summed E-state index contributed by atoms with van der Waals surface area (Å²) in [6, 6.07) is 0. The van der Waals surface area contributed by atoms with Crippen molar-refractivity contribution in [2.24, 2.45) is 23.5 Å². The van der Waals surface area contributed by atoms with Crippen molar-refractivity contribution in [2.75, 3.05) is 0 Å². The summed E-state index contributed by atoms with van der Waals surface area (Å²) in [6.45, 7) is 4.03. The van der Waals surface area contributed by atoms with E-state index < -0.39 is 11.9 Å². The first kappa shape index (κ1) is 12.9. The van der Waals surface area contributed by atoms with Gasteiger partial charge >= 0.3 is 5.97 Å². The van der Waals surface area contributed by atoms with Crippen molar-refractivity contribution in [1.29, 1.82) is 0 Å². The molecule has 4 N–H and O–H groups in total. The minimum Gasteiger partial charge on any atom is -0.373 e. The molecule has 82 valence electrons. The molecule has 5 heteroatoms. The Bertz CT molecular complexity index is 204. The summed E-state index contributed by atoms with van der Waals surface area (Å²) in [5.74, 6) is 4.15. The molecule has 1 unspecified atom stereocenters. The minimum absolute atomic E-state index is 0.0662. The maximum Gasteiger partial charge on any atom is 0.324 e. The van der Waals surface area contributed by atoms with Crippen LogP contribution in [0.4, 0.5) is 0 Å². The summed E-state index contributed by atoms with van der Waals surface area (Å²) in [5.41, 5.74) is 5.06. The van der Waals surface area contributed by atoms with E-state index in [0.29, 0.717) is 5.92 Å². The highest BCUT2D eigenvalue weighted by Crippen LogP contribution is 2.19. The first-order valence-corrected chi connectivity index (χ1v) is 4.63. The quantitative estimate of drug-likeness (QED) is 0.607. The number of primary amides is 1. The molecule has 5 nitrogen and oxygen atoms in total. The van der Waals surface area contributed by atoms with E-state index in [1.165, 1.54) is 0 Å². The third-order valence-corrected chi connectivity index (χ3v) is 1.88. The van der Waals surface area contributed by atoms with E-state index >= 15 is 0 Å². The van der Waals surface area contributed by atoms with Crippen molar-refractivity contribution in [3.05, 3.63) is 0 Å². The SMILES string of the molecule is CC(C)CC(CC(N)=O)CC(=O)ON. The molecule has 0 bridgehead atoms. The van der Waals surface area contributed by atoms with E-state index in [0.717, 1.165) is 6.42 Å². The van der Waals surface area contributed by atoms with Crippen LogP contribution in [0.3, 0.4) is 0 Å². The zero-order chi connectivity index (χ0) is 11.1. The van der Waals surface area contributed by atoms with Crippen molar-refractivity contribution in [3.63, 3.8) is 0 Å². The first-order valence-electron chi connectivity index (χ1n) is 4.63. The number of hydrogen-bond acceptors (Lipinski definition) is 4. The maximum atomic E-state index is 10.9. The second-order valence-electron chi connectivity index (χ2n) is 3.86. The van der Waals surface area contributed by atoms with Crippen LogP contribution in [0.15, 0.2) is 0 Å². The molecular formula is C9H18N2O3. The Balaban J connectivity index is 4.09. The van der Waals surface area contributed by atoms with Gasteiger partial charge in [-0.15, -0.1) is 0 Å². The van der Waals surface area contributed by atoms with Crippen molar-refractivity contribution in [1.82, 2.24) is 0 Å². The molecule has 1 atom stereocenters. The van der Waals surface area contributed by atoms with E-state index in [1.54, 1.807) is 0 Å². The van der Waals surface area contributed by atoms with Gasteiger partial charge in [0, 0.05) is 6.42 Å². The summed E-state index contributed by atoms with van der Waals surface area (Å²) < 4.78 is 0. The molecule has 0 saturated heterocycles. The number of carbonyl (C=O) groups is 2. The van der Waals surface area contributed by atoms with Gasteiger partial charge in [0.15, 0.2) is 0 Å². The second-order valence-corrected chi connectivity index (χ2v) is 3.86. The van der Waals surface area contributed by atoms with E-state index in [-0.39, 0.29) is 18.8 Å². The average molecular weight is 202 g/mol. The lowest BCUT2D eigenvalue weighted by molar-refractivity contribution is -0.145. The lowest BCUT2D eigenvalue weighted by atomic mass is 9.91. The first-order chi connectivity index (χ1) is 6.45. The zero-order valence-corrected chi connectivity index (χ0v) is 8.66. The number of nitrogens with two attached hydrogens (primary N) is 2. The number of rotatable bonds is 6. The lowest BCUT2D eigenvalue weighted by Crippen LogP contribution is -2.22. The van der Waals surface area contributed by atoms with Crippen molar-refractivity contribution in [3.8, 4) is 0 Å². The van der Waals surface area contributed by atoms with E-state index in [4.69, 9.17) is 11.6 Å². The van der Waals surface area contributed by atoms with Crippen molar-refractivity contribution >= 4 is 11.9 Å². The average Bonchev–Trinajstić information content (AvgIpc) is 2.01. The van der Waals surface area contributed by atoms with Crippen LogP contribution in [0.5, 0.6) is 0 Å². The third-order valence-electron chi connectivity index (χ3n) is 1.88. The summed E-state index contributed by atoms with van der Waals surface area (Å²) >= 11 is 0. The van der Waals surface area contributed by atoms with Crippen molar-refractivity contribution < 1.29 is 14.4 Å². The van der Waals surface area contributed by atoms with Gasteiger partial charge in [0.1, 0.15) is 0 Å². The Labute approximate surface area is 83.7 Å². The van der Waals surface area contributed by atoms with Crippen LogP contribution in [-0.2, 0) is 14.4 Å². The van der Waals surface area contributed by atoms with Gasteiger partial charge in [-0.3, -0.25) is 9.59 Å². The van der Waals surface area contributed by atoms with Gasteiger partial charge in [-0.2, -0.15) is 5.90 Å². The van der Waals surface area contributed by atoms with Crippen LogP contribution in [0, 0.1) is 11.8 Å². The molecule has 14 heavy (non-hydrogen) atoms. The predicted molar refractivity (Wildman–Crippen MR) is 51.7 cm³/mol.